The van der Waals surface area contributed by atoms with Crippen LogP contribution in [0.2, 0.25) is 0 Å². The van der Waals surface area contributed by atoms with E-state index in [0.717, 1.165) is 17.5 Å². The monoisotopic (exact) mass is 486 g/mol. The zero-order valence-corrected chi connectivity index (χ0v) is 18.4. The molecule has 0 saturated heterocycles. The van der Waals surface area contributed by atoms with Crippen molar-refractivity contribution in [2.24, 2.45) is 0 Å². The van der Waals surface area contributed by atoms with E-state index in [2.05, 4.69) is 31.0 Å². The van der Waals surface area contributed by atoms with Crippen LogP contribution in [-0.2, 0) is 17.4 Å². The van der Waals surface area contributed by atoms with Crippen LogP contribution in [0.1, 0.15) is 24.3 Å². The Kier molecular flexibility index (Phi) is 7.09. The number of halogens is 3. The molecule has 182 valence electrons. The van der Waals surface area contributed by atoms with Gasteiger partial charge in [0.25, 0.3) is 5.56 Å². The van der Waals surface area contributed by atoms with E-state index in [-0.39, 0.29) is 36.0 Å². The number of fused-ring (bicyclic) bond motifs is 1. The highest BCUT2D eigenvalue weighted by molar-refractivity contribution is 5.90. The maximum atomic E-state index is 12.7. The quantitative estimate of drug-likeness (QED) is 0.309. The molecule has 9 nitrogen and oxygen atoms in total. The van der Waals surface area contributed by atoms with Crippen molar-refractivity contribution < 1.29 is 22.5 Å². The fraction of sp³-hybridized carbons (Fsp3) is 0.261. The highest BCUT2D eigenvalue weighted by Gasteiger charge is 2.30. The van der Waals surface area contributed by atoms with Crippen molar-refractivity contribution in [3.63, 3.8) is 0 Å². The second kappa shape index (κ2) is 10.4. The van der Waals surface area contributed by atoms with E-state index in [9.17, 15) is 22.8 Å². The van der Waals surface area contributed by atoms with E-state index >= 15 is 0 Å². The first-order valence-electron chi connectivity index (χ1n) is 10.8. The third-order valence-electron chi connectivity index (χ3n) is 5.17. The SMILES string of the molecule is O=C(CCc1nc(-c2ccc(C(F)(F)F)cc2)no1)NCCCNc1n[nH]c(=O)c2ccccc12. The number of hydrogen-bond donors (Lipinski definition) is 3. The predicted molar refractivity (Wildman–Crippen MR) is 122 cm³/mol. The van der Waals surface area contributed by atoms with Crippen LogP contribution in [0, 0.1) is 0 Å². The number of alkyl halides is 3. The number of nitrogens with one attached hydrogen (secondary N) is 3. The smallest absolute Gasteiger partial charge is 0.368 e. The molecule has 2 aromatic heterocycles. The average molecular weight is 486 g/mol. The van der Waals surface area contributed by atoms with Gasteiger partial charge in [-0.2, -0.15) is 23.3 Å². The number of amides is 1. The molecule has 0 radical (unpaired) electrons. The molecular formula is C23H21F3N6O3. The maximum Gasteiger partial charge on any atom is 0.416 e. The Morgan fingerprint density at radius 1 is 1.03 bits per heavy atom. The minimum absolute atomic E-state index is 0.119. The lowest BCUT2D eigenvalue weighted by Crippen LogP contribution is -2.26. The van der Waals surface area contributed by atoms with Gasteiger partial charge in [-0.15, -0.1) is 0 Å². The fourth-order valence-corrected chi connectivity index (χ4v) is 3.36. The van der Waals surface area contributed by atoms with Gasteiger partial charge in [0.1, 0.15) is 0 Å². The summed E-state index contributed by atoms with van der Waals surface area (Å²) in [5.41, 5.74) is -0.638. The number of carbonyl (C=O) groups is 1. The molecule has 4 rings (SSSR count). The minimum Gasteiger partial charge on any atom is -0.368 e. The first-order chi connectivity index (χ1) is 16.8. The summed E-state index contributed by atoms with van der Waals surface area (Å²) in [6.07, 6.45) is -3.48. The van der Waals surface area contributed by atoms with Crippen molar-refractivity contribution in [2.45, 2.75) is 25.4 Å². The van der Waals surface area contributed by atoms with Gasteiger partial charge in [-0.3, -0.25) is 9.59 Å². The van der Waals surface area contributed by atoms with Crippen molar-refractivity contribution in [1.29, 1.82) is 0 Å². The Morgan fingerprint density at radius 2 is 1.77 bits per heavy atom. The molecule has 0 bridgehead atoms. The van der Waals surface area contributed by atoms with Crippen molar-refractivity contribution in [2.75, 3.05) is 18.4 Å². The minimum atomic E-state index is -4.42. The Hall–Kier alpha value is -4.22. The summed E-state index contributed by atoms with van der Waals surface area (Å²) in [4.78, 5) is 28.0. The molecular weight excluding hydrogens is 465 g/mol. The average Bonchev–Trinajstić information content (AvgIpc) is 3.33. The van der Waals surface area contributed by atoms with Gasteiger partial charge in [0, 0.05) is 36.9 Å². The number of carbonyl (C=O) groups excluding carboxylic acids is 1. The van der Waals surface area contributed by atoms with Gasteiger partial charge in [0.05, 0.1) is 10.9 Å². The summed E-state index contributed by atoms with van der Waals surface area (Å²) in [5.74, 6) is 0.731. The summed E-state index contributed by atoms with van der Waals surface area (Å²) in [6.45, 7) is 0.956. The van der Waals surface area contributed by atoms with Gasteiger partial charge in [-0.1, -0.05) is 35.5 Å². The molecule has 1 amide bonds. The number of nitrogens with zero attached hydrogens (tertiary/aromatic N) is 3. The van der Waals surface area contributed by atoms with Crippen molar-refractivity contribution in [1.82, 2.24) is 25.7 Å². The standard InChI is InChI=1S/C23H21F3N6O3/c24-23(25,26)15-8-6-14(7-9-15)20-29-19(35-32-20)11-10-18(33)27-12-3-13-28-21-16-4-1-2-5-17(16)22(34)31-30-21/h1-2,4-9H,3,10-13H2,(H,27,33)(H,28,30)(H,31,34). The normalized spacial score (nSPS) is 11.5. The maximum absolute atomic E-state index is 12.7. The van der Waals surface area contributed by atoms with Crippen LogP contribution in [0.3, 0.4) is 0 Å². The fourth-order valence-electron chi connectivity index (χ4n) is 3.36. The molecule has 0 aliphatic rings. The molecule has 0 aliphatic carbocycles. The highest BCUT2D eigenvalue weighted by Crippen LogP contribution is 2.30. The van der Waals surface area contributed by atoms with Crippen LogP contribution in [0.25, 0.3) is 22.2 Å². The first-order valence-corrected chi connectivity index (χ1v) is 10.8. The number of aromatic amines is 1. The largest absolute Gasteiger partial charge is 0.416 e. The summed E-state index contributed by atoms with van der Waals surface area (Å²) in [7, 11) is 0. The zero-order chi connectivity index (χ0) is 24.8. The summed E-state index contributed by atoms with van der Waals surface area (Å²) < 4.78 is 43.1. The zero-order valence-electron chi connectivity index (χ0n) is 18.4. The van der Waals surface area contributed by atoms with Gasteiger partial charge >= 0.3 is 6.18 Å². The van der Waals surface area contributed by atoms with Crippen LogP contribution in [0.5, 0.6) is 0 Å². The molecule has 35 heavy (non-hydrogen) atoms. The molecule has 12 heteroatoms. The van der Waals surface area contributed by atoms with E-state index in [4.69, 9.17) is 4.52 Å². The van der Waals surface area contributed by atoms with E-state index in [0.29, 0.717) is 36.3 Å². The molecule has 0 aliphatic heterocycles. The van der Waals surface area contributed by atoms with E-state index in [1.54, 1.807) is 12.1 Å². The molecule has 4 aromatic rings. The lowest BCUT2D eigenvalue weighted by Gasteiger charge is -2.08. The van der Waals surface area contributed by atoms with Crippen molar-refractivity contribution in [3.05, 3.63) is 70.3 Å². The van der Waals surface area contributed by atoms with Gasteiger partial charge in [0.2, 0.25) is 17.6 Å². The van der Waals surface area contributed by atoms with Crippen molar-refractivity contribution >= 4 is 22.5 Å². The number of hydrogen-bond acceptors (Lipinski definition) is 7. The first kappa shape index (κ1) is 23.9. The molecule has 0 atom stereocenters. The van der Waals surface area contributed by atoms with Crippen LogP contribution in [0.4, 0.5) is 19.0 Å². The van der Waals surface area contributed by atoms with Gasteiger partial charge < -0.3 is 15.2 Å². The van der Waals surface area contributed by atoms with Gasteiger partial charge in [-0.05, 0) is 24.6 Å². The Labute approximate surface area is 196 Å². The number of aromatic nitrogens is 4. The Morgan fingerprint density at radius 3 is 2.51 bits per heavy atom. The summed E-state index contributed by atoms with van der Waals surface area (Å²) in [5, 5.41) is 17.4. The molecule has 3 N–H and O–H groups in total. The lowest BCUT2D eigenvalue weighted by molar-refractivity contribution is -0.137. The number of benzene rings is 2. The molecule has 2 heterocycles. The highest BCUT2D eigenvalue weighted by atomic mass is 19.4. The lowest BCUT2D eigenvalue weighted by atomic mass is 10.1. The number of anilines is 1. The Bertz CT molecular complexity index is 1370. The number of aryl methyl sites for hydroxylation is 1. The number of H-pyrrole nitrogens is 1. The second-order valence-corrected chi connectivity index (χ2v) is 7.66. The van der Waals surface area contributed by atoms with Gasteiger partial charge in [0.15, 0.2) is 5.82 Å². The Balaban J connectivity index is 1.19. The molecule has 0 fully saturated rings. The molecule has 0 unspecified atom stereocenters. The van der Waals surface area contributed by atoms with Gasteiger partial charge in [-0.25, -0.2) is 5.10 Å². The number of rotatable bonds is 9. The van der Waals surface area contributed by atoms with Crippen LogP contribution in [-0.4, -0.2) is 39.3 Å². The third kappa shape index (κ3) is 6.02. The second-order valence-electron chi connectivity index (χ2n) is 7.66. The summed E-state index contributed by atoms with van der Waals surface area (Å²) in [6, 6.07) is 11.6. The van der Waals surface area contributed by atoms with E-state index in [1.807, 2.05) is 12.1 Å². The third-order valence-corrected chi connectivity index (χ3v) is 5.17. The molecule has 0 spiro atoms. The molecule has 2 aromatic carbocycles. The van der Waals surface area contributed by atoms with Crippen LogP contribution in [0.15, 0.2) is 57.8 Å². The van der Waals surface area contributed by atoms with Crippen LogP contribution >= 0.6 is 0 Å². The predicted octanol–water partition coefficient (Wildman–Crippen LogP) is 3.54. The topological polar surface area (TPSA) is 126 Å². The van der Waals surface area contributed by atoms with Crippen LogP contribution < -0.4 is 16.2 Å². The van der Waals surface area contributed by atoms with Crippen molar-refractivity contribution in [3.8, 4) is 11.4 Å². The van der Waals surface area contributed by atoms with E-state index < -0.39 is 11.7 Å². The summed E-state index contributed by atoms with van der Waals surface area (Å²) >= 11 is 0. The molecule has 0 saturated carbocycles. The van der Waals surface area contributed by atoms with E-state index in [1.165, 1.54) is 12.1 Å².